The molecular formula is C22H27F6N3O2S. The van der Waals surface area contributed by atoms with Crippen molar-refractivity contribution in [3.8, 4) is 0 Å². The Hall–Kier alpha value is -1.92. The highest BCUT2D eigenvalue weighted by Gasteiger charge is 2.70. The van der Waals surface area contributed by atoms with E-state index >= 15 is 0 Å². The number of nitrogens with one attached hydrogen (secondary N) is 2. The van der Waals surface area contributed by atoms with E-state index in [2.05, 4.69) is 34.7 Å². The Morgan fingerprint density at radius 3 is 2.35 bits per heavy atom. The number of aromatic nitrogens is 1. The maximum Gasteiger partial charge on any atom is 0.427 e. The highest BCUT2D eigenvalue weighted by Crippen LogP contribution is 2.43. The Morgan fingerprint density at radius 2 is 1.79 bits per heavy atom. The molecule has 1 unspecified atom stereocenters. The van der Waals surface area contributed by atoms with Gasteiger partial charge in [-0.25, -0.2) is 4.98 Å². The summed E-state index contributed by atoms with van der Waals surface area (Å²) in [5, 5.41) is 16.6. The lowest BCUT2D eigenvalue weighted by molar-refractivity contribution is -0.365. The average Bonchev–Trinajstić information content (AvgIpc) is 3.20. The second-order valence-electron chi connectivity index (χ2n) is 8.98. The molecule has 3 N–H and O–H groups in total. The number of halogens is 6. The van der Waals surface area contributed by atoms with Crippen molar-refractivity contribution >= 4 is 27.9 Å². The number of amides is 1. The normalized spacial score (nSPS) is 24.1. The summed E-state index contributed by atoms with van der Waals surface area (Å²) in [5.41, 5.74) is -3.01. The zero-order valence-electron chi connectivity index (χ0n) is 18.5. The molecule has 0 aliphatic heterocycles. The van der Waals surface area contributed by atoms with E-state index < -0.39 is 30.5 Å². The van der Waals surface area contributed by atoms with Crippen LogP contribution >= 0.6 is 11.3 Å². The number of carbonyl (C=O) groups is 1. The van der Waals surface area contributed by atoms with E-state index in [1.54, 1.807) is 0 Å². The molecular weight excluding hydrogens is 484 g/mol. The molecule has 1 atom stereocenters. The SMILES string of the molecule is CC1C=CC(c2csc(NC(=O)CC3CCC(NCC(O)(C(F)(F)F)C(F)(F)F)CC3)n2)=CC1. The molecule has 1 fully saturated rings. The van der Waals surface area contributed by atoms with Gasteiger partial charge in [-0.1, -0.05) is 25.2 Å². The molecule has 190 valence electrons. The van der Waals surface area contributed by atoms with Crippen molar-refractivity contribution in [3.63, 3.8) is 0 Å². The standard InChI is InChI=1S/C22H27F6N3O2S/c1-13-2-6-15(7-3-13)17-11-34-19(30-17)31-18(32)10-14-4-8-16(9-5-14)29-12-20(33,21(23,24)25)22(26,27)28/h2,6-7,11,13-14,16,29,33H,3-5,8-10,12H2,1H3,(H,30,31,32). The minimum Gasteiger partial charge on any atom is -0.373 e. The van der Waals surface area contributed by atoms with E-state index in [9.17, 15) is 36.2 Å². The summed E-state index contributed by atoms with van der Waals surface area (Å²) >= 11 is 1.31. The number of hydrogen-bond donors (Lipinski definition) is 3. The van der Waals surface area contributed by atoms with E-state index in [-0.39, 0.29) is 18.2 Å². The first-order valence-electron chi connectivity index (χ1n) is 11.0. The number of carbonyl (C=O) groups excluding carboxylic acids is 1. The van der Waals surface area contributed by atoms with Crippen LogP contribution in [0.25, 0.3) is 5.57 Å². The van der Waals surface area contributed by atoms with E-state index in [0.29, 0.717) is 36.7 Å². The minimum absolute atomic E-state index is 0.0351. The minimum atomic E-state index is -5.84. The van der Waals surface area contributed by atoms with Crippen LogP contribution < -0.4 is 10.6 Å². The maximum atomic E-state index is 12.8. The van der Waals surface area contributed by atoms with Crippen molar-refractivity contribution in [2.45, 2.75) is 69.4 Å². The Labute approximate surface area is 197 Å². The summed E-state index contributed by atoms with van der Waals surface area (Å²) in [5.74, 6) is 0.210. The number of rotatable bonds is 7. The second kappa shape index (κ2) is 10.4. The summed E-state index contributed by atoms with van der Waals surface area (Å²) in [6.45, 7) is 0.456. The maximum absolute atomic E-state index is 12.8. The predicted molar refractivity (Wildman–Crippen MR) is 117 cm³/mol. The zero-order chi connectivity index (χ0) is 25.1. The van der Waals surface area contributed by atoms with Crippen LogP contribution in [0.4, 0.5) is 31.5 Å². The largest absolute Gasteiger partial charge is 0.427 e. The van der Waals surface area contributed by atoms with Gasteiger partial charge < -0.3 is 15.7 Å². The van der Waals surface area contributed by atoms with Crippen LogP contribution in [-0.2, 0) is 4.79 Å². The number of allylic oxidation sites excluding steroid dienone is 4. The summed E-state index contributed by atoms with van der Waals surface area (Å²) in [6.07, 6.45) is -2.80. The van der Waals surface area contributed by atoms with Crippen LogP contribution in [0.2, 0.25) is 0 Å². The van der Waals surface area contributed by atoms with Crippen molar-refractivity contribution in [1.82, 2.24) is 10.3 Å². The van der Waals surface area contributed by atoms with Gasteiger partial charge in [0.1, 0.15) is 0 Å². The molecule has 0 bridgehead atoms. The molecule has 3 rings (SSSR count). The van der Waals surface area contributed by atoms with Gasteiger partial charge >= 0.3 is 12.4 Å². The van der Waals surface area contributed by atoms with E-state index in [1.165, 1.54) is 11.3 Å². The fourth-order valence-electron chi connectivity index (χ4n) is 4.04. The number of aliphatic hydroxyl groups is 1. The molecule has 1 aromatic heterocycles. The van der Waals surface area contributed by atoms with Gasteiger partial charge in [0, 0.05) is 24.4 Å². The van der Waals surface area contributed by atoms with Crippen LogP contribution in [0.5, 0.6) is 0 Å². The first kappa shape index (κ1) is 26.7. The number of thiazole rings is 1. The van der Waals surface area contributed by atoms with Crippen molar-refractivity contribution in [3.05, 3.63) is 29.3 Å². The lowest BCUT2D eigenvalue weighted by Gasteiger charge is -2.35. The average molecular weight is 512 g/mol. The quantitative estimate of drug-likeness (QED) is 0.426. The van der Waals surface area contributed by atoms with Gasteiger partial charge in [0.25, 0.3) is 5.60 Å². The molecule has 1 heterocycles. The van der Waals surface area contributed by atoms with Gasteiger partial charge in [0.15, 0.2) is 5.13 Å². The second-order valence-corrected chi connectivity index (χ2v) is 9.83. The molecule has 2 aliphatic carbocycles. The van der Waals surface area contributed by atoms with Crippen molar-refractivity contribution in [1.29, 1.82) is 0 Å². The molecule has 1 amide bonds. The van der Waals surface area contributed by atoms with Crippen molar-refractivity contribution in [2.24, 2.45) is 11.8 Å². The molecule has 0 aromatic carbocycles. The highest BCUT2D eigenvalue weighted by molar-refractivity contribution is 7.14. The lowest BCUT2D eigenvalue weighted by atomic mass is 9.83. The molecule has 0 radical (unpaired) electrons. The van der Waals surface area contributed by atoms with Gasteiger partial charge in [0.2, 0.25) is 5.91 Å². The number of alkyl halides is 6. The van der Waals surface area contributed by atoms with Gasteiger partial charge in [-0.3, -0.25) is 4.79 Å². The first-order valence-corrected chi connectivity index (χ1v) is 11.9. The monoisotopic (exact) mass is 511 g/mol. The lowest BCUT2D eigenvalue weighted by Crippen LogP contribution is -2.63. The van der Waals surface area contributed by atoms with E-state index in [1.807, 2.05) is 11.5 Å². The molecule has 0 saturated heterocycles. The third kappa shape index (κ3) is 6.39. The van der Waals surface area contributed by atoms with Gasteiger partial charge in [-0.2, -0.15) is 26.3 Å². The smallest absolute Gasteiger partial charge is 0.373 e. The predicted octanol–water partition coefficient (Wildman–Crippen LogP) is 5.46. The highest BCUT2D eigenvalue weighted by atomic mass is 32.1. The van der Waals surface area contributed by atoms with Crippen LogP contribution in [0.15, 0.2) is 23.6 Å². The summed E-state index contributed by atoms with van der Waals surface area (Å²) in [6, 6.07) is -0.600. The molecule has 5 nitrogen and oxygen atoms in total. The molecule has 2 aliphatic rings. The molecule has 0 spiro atoms. The van der Waals surface area contributed by atoms with Gasteiger partial charge in [0.05, 0.1) is 5.69 Å². The van der Waals surface area contributed by atoms with Crippen LogP contribution in [0, 0.1) is 11.8 Å². The van der Waals surface area contributed by atoms with Crippen LogP contribution in [0.1, 0.15) is 51.1 Å². The Balaban J connectivity index is 1.44. The Kier molecular flexibility index (Phi) is 8.14. The summed E-state index contributed by atoms with van der Waals surface area (Å²) < 4.78 is 76.8. The van der Waals surface area contributed by atoms with Crippen molar-refractivity contribution < 1.29 is 36.2 Å². The topological polar surface area (TPSA) is 74.2 Å². The first-order chi connectivity index (χ1) is 15.8. The number of hydrogen-bond acceptors (Lipinski definition) is 5. The van der Waals surface area contributed by atoms with Crippen LogP contribution in [-0.4, -0.2) is 46.5 Å². The van der Waals surface area contributed by atoms with Gasteiger partial charge in [-0.15, -0.1) is 11.3 Å². The van der Waals surface area contributed by atoms with E-state index in [4.69, 9.17) is 0 Å². The molecule has 1 saturated carbocycles. The third-order valence-corrected chi connectivity index (χ3v) is 7.02. The molecule has 1 aromatic rings. The fourth-order valence-corrected chi connectivity index (χ4v) is 4.77. The summed E-state index contributed by atoms with van der Waals surface area (Å²) in [4.78, 5) is 16.8. The fraction of sp³-hybridized carbons (Fsp3) is 0.636. The Morgan fingerprint density at radius 1 is 1.15 bits per heavy atom. The van der Waals surface area contributed by atoms with Crippen molar-refractivity contribution in [2.75, 3.05) is 11.9 Å². The van der Waals surface area contributed by atoms with Crippen LogP contribution in [0.3, 0.4) is 0 Å². The van der Waals surface area contributed by atoms with Gasteiger partial charge in [-0.05, 0) is 49.5 Å². The number of anilines is 1. The van der Waals surface area contributed by atoms with E-state index in [0.717, 1.165) is 17.7 Å². The third-order valence-electron chi connectivity index (χ3n) is 6.27. The number of nitrogens with zero attached hydrogens (tertiary/aromatic N) is 1. The Bertz CT molecular complexity index is 902. The summed E-state index contributed by atoms with van der Waals surface area (Å²) in [7, 11) is 0. The molecule has 12 heteroatoms. The molecule has 34 heavy (non-hydrogen) atoms. The zero-order valence-corrected chi connectivity index (χ0v) is 19.3.